The normalized spacial score (nSPS) is 12.1. The van der Waals surface area contributed by atoms with Crippen LogP contribution in [0.3, 0.4) is 0 Å². The SMILES string of the molecule is CCCCNC(=O)[C@H](C)N(Cc1cccc(OC)c1)C(=O)CN(c1cc(Cl)ccc1Cl)S(C)(=O)=O. The van der Waals surface area contributed by atoms with Gasteiger partial charge in [0.15, 0.2) is 0 Å². The van der Waals surface area contributed by atoms with Crippen LogP contribution in [0.4, 0.5) is 5.69 Å². The number of hydrogen-bond acceptors (Lipinski definition) is 5. The molecule has 0 heterocycles. The van der Waals surface area contributed by atoms with Gasteiger partial charge in [0.2, 0.25) is 21.8 Å². The van der Waals surface area contributed by atoms with Gasteiger partial charge in [0.05, 0.1) is 24.1 Å². The van der Waals surface area contributed by atoms with Crippen LogP contribution < -0.4 is 14.4 Å². The average Bonchev–Trinajstić information content (AvgIpc) is 2.81. The Morgan fingerprint density at radius 3 is 2.49 bits per heavy atom. The van der Waals surface area contributed by atoms with Crippen molar-refractivity contribution in [3.8, 4) is 5.75 Å². The molecule has 192 valence electrons. The topological polar surface area (TPSA) is 96.0 Å². The summed E-state index contributed by atoms with van der Waals surface area (Å²) in [5.41, 5.74) is 0.800. The second-order valence-corrected chi connectivity index (χ2v) is 10.8. The Kier molecular flexibility index (Phi) is 10.7. The predicted molar refractivity (Wildman–Crippen MR) is 140 cm³/mol. The van der Waals surface area contributed by atoms with E-state index in [4.69, 9.17) is 27.9 Å². The smallest absolute Gasteiger partial charge is 0.244 e. The van der Waals surface area contributed by atoms with Crippen molar-refractivity contribution < 1.29 is 22.7 Å². The maximum atomic E-state index is 13.5. The largest absolute Gasteiger partial charge is 0.497 e. The first-order valence-corrected chi connectivity index (χ1v) is 13.7. The van der Waals surface area contributed by atoms with Crippen molar-refractivity contribution >= 4 is 50.7 Å². The number of nitrogens with one attached hydrogen (secondary N) is 1. The van der Waals surface area contributed by atoms with Gasteiger partial charge in [-0.05, 0) is 49.2 Å². The summed E-state index contributed by atoms with van der Waals surface area (Å²) in [7, 11) is -2.38. The zero-order chi connectivity index (χ0) is 26.2. The summed E-state index contributed by atoms with van der Waals surface area (Å²) in [4.78, 5) is 27.7. The molecule has 0 bridgehead atoms. The zero-order valence-corrected chi connectivity index (χ0v) is 22.6. The van der Waals surface area contributed by atoms with Gasteiger partial charge in [0.1, 0.15) is 18.3 Å². The van der Waals surface area contributed by atoms with Gasteiger partial charge in [-0.2, -0.15) is 0 Å². The predicted octanol–water partition coefficient (Wildman–Crippen LogP) is 4.10. The number of sulfonamides is 1. The van der Waals surface area contributed by atoms with E-state index in [1.165, 1.54) is 30.2 Å². The molecule has 0 radical (unpaired) electrons. The van der Waals surface area contributed by atoms with Gasteiger partial charge in [-0.3, -0.25) is 13.9 Å². The van der Waals surface area contributed by atoms with Crippen LogP contribution in [0, 0.1) is 0 Å². The number of unbranched alkanes of at least 4 members (excludes halogenated alkanes) is 1. The summed E-state index contributed by atoms with van der Waals surface area (Å²) in [5.74, 6) is -0.313. The number of carbonyl (C=O) groups is 2. The molecule has 8 nitrogen and oxygen atoms in total. The van der Waals surface area contributed by atoms with E-state index in [1.807, 2.05) is 6.92 Å². The number of hydrogen-bond donors (Lipinski definition) is 1. The van der Waals surface area contributed by atoms with Gasteiger partial charge < -0.3 is 15.0 Å². The molecule has 2 aromatic rings. The summed E-state index contributed by atoms with van der Waals surface area (Å²) >= 11 is 12.3. The van der Waals surface area contributed by atoms with E-state index >= 15 is 0 Å². The number of ether oxygens (including phenoxy) is 1. The highest BCUT2D eigenvalue weighted by Crippen LogP contribution is 2.31. The number of amides is 2. The number of benzene rings is 2. The van der Waals surface area contributed by atoms with Gasteiger partial charge >= 0.3 is 0 Å². The molecule has 0 saturated heterocycles. The fraction of sp³-hybridized carbons (Fsp3) is 0.417. The Morgan fingerprint density at radius 2 is 1.86 bits per heavy atom. The minimum atomic E-state index is -3.91. The minimum absolute atomic E-state index is 0.0687. The third kappa shape index (κ3) is 8.30. The van der Waals surface area contributed by atoms with Crippen molar-refractivity contribution in [1.82, 2.24) is 10.2 Å². The average molecular weight is 545 g/mol. The molecule has 0 aliphatic rings. The van der Waals surface area contributed by atoms with Crippen LogP contribution in [-0.4, -0.2) is 57.6 Å². The maximum absolute atomic E-state index is 13.5. The lowest BCUT2D eigenvalue weighted by Crippen LogP contribution is -2.51. The number of methoxy groups -OCH3 is 1. The van der Waals surface area contributed by atoms with E-state index in [1.54, 1.807) is 31.2 Å². The van der Waals surface area contributed by atoms with Crippen molar-refractivity contribution in [2.75, 3.05) is 30.8 Å². The summed E-state index contributed by atoms with van der Waals surface area (Å²) in [6.07, 6.45) is 2.69. The van der Waals surface area contributed by atoms with Crippen LogP contribution in [0.1, 0.15) is 32.3 Å². The standard InChI is InChI=1S/C24H31Cl2N3O5S/c1-5-6-12-27-24(31)17(2)28(15-18-8-7-9-20(13-18)34-3)23(30)16-29(35(4,32)33)22-14-19(25)10-11-21(22)26/h7-11,13-14,17H,5-6,12,15-16H2,1-4H3,(H,27,31)/t17-/m0/s1. The van der Waals surface area contributed by atoms with Gasteiger partial charge in [0.25, 0.3) is 0 Å². The summed E-state index contributed by atoms with van der Waals surface area (Å²) < 4.78 is 31.4. The number of rotatable bonds is 12. The molecule has 0 aromatic heterocycles. The quantitative estimate of drug-likeness (QED) is 0.406. The van der Waals surface area contributed by atoms with Gasteiger partial charge in [-0.1, -0.05) is 48.7 Å². The van der Waals surface area contributed by atoms with Crippen LogP contribution >= 0.6 is 23.2 Å². The van der Waals surface area contributed by atoms with Crippen LogP contribution in [0.15, 0.2) is 42.5 Å². The van der Waals surface area contributed by atoms with Crippen molar-refractivity contribution in [3.63, 3.8) is 0 Å². The second kappa shape index (κ2) is 13.0. The highest BCUT2D eigenvalue weighted by Gasteiger charge is 2.31. The molecule has 0 aliphatic carbocycles. The third-order valence-corrected chi connectivity index (χ3v) is 7.02. The van der Waals surface area contributed by atoms with E-state index in [-0.39, 0.29) is 28.2 Å². The van der Waals surface area contributed by atoms with E-state index in [2.05, 4.69) is 5.32 Å². The molecule has 0 unspecified atom stereocenters. The molecule has 0 saturated carbocycles. The first kappa shape index (κ1) is 28.7. The van der Waals surface area contributed by atoms with Crippen molar-refractivity contribution in [1.29, 1.82) is 0 Å². The highest BCUT2D eigenvalue weighted by atomic mass is 35.5. The highest BCUT2D eigenvalue weighted by molar-refractivity contribution is 7.92. The van der Waals surface area contributed by atoms with Crippen molar-refractivity contribution in [3.05, 3.63) is 58.1 Å². The molecular formula is C24H31Cl2N3O5S. The Hall–Kier alpha value is -2.49. The number of anilines is 1. The molecule has 35 heavy (non-hydrogen) atoms. The first-order chi connectivity index (χ1) is 16.5. The molecule has 0 fully saturated rings. The lowest BCUT2D eigenvalue weighted by molar-refractivity contribution is -0.139. The fourth-order valence-electron chi connectivity index (χ4n) is 3.36. The maximum Gasteiger partial charge on any atom is 0.244 e. The molecule has 2 rings (SSSR count). The molecular weight excluding hydrogens is 513 g/mol. The minimum Gasteiger partial charge on any atom is -0.497 e. The molecule has 2 aromatic carbocycles. The van der Waals surface area contributed by atoms with Gasteiger partial charge in [0, 0.05) is 18.1 Å². The van der Waals surface area contributed by atoms with E-state index in [9.17, 15) is 18.0 Å². The van der Waals surface area contributed by atoms with E-state index in [0.29, 0.717) is 12.3 Å². The van der Waals surface area contributed by atoms with Crippen LogP contribution in [0.25, 0.3) is 0 Å². The Morgan fingerprint density at radius 1 is 1.14 bits per heavy atom. The van der Waals surface area contributed by atoms with Crippen LogP contribution in [0.2, 0.25) is 10.0 Å². The molecule has 2 amide bonds. The van der Waals surface area contributed by atoms with Gasteiger partial charge in [-0.15, -0.1) is 0 Å². The lowest BCUT2D eigenvalue weighted by atomic mass is 10.1. The first-order valence-electron chi connectivity index (χ1n) is 11.1. The van der Waals surface area contributed by atoms with Gasteiger partial charge in [-0.25, -0.2) is 8.42 Å². The Labute approximate surface area is 217 Å². The van der Waals surface area contributed by atoms with Crippen LogP contribution in [-0.2, 0) is 26.2 Å². The molecule has 11 heteroatoms. The van der Waals surface area contributed by atoms with Crippen molar-refractivity contribution in [2.24, 2.45) is 0 Å². The summed E-state index contributed by atoms with van der Waals surface area (Å²) in [5, 5.41) is 3.22. The zero-order valence-electron chi connectivity index (χ0n) is 20.3. The summed E-state index contributed by atoms with van der Waals surface area (Å²) in [6, 6.07) is 10.6. The molecule has 1 atom stereocenters. The Bertz CT molecular complexity index is 1140. The van der Waals surface area contributed by atoms with E-state index in [0.717, 1.165) is 29.0 Å². The monoisotopic (exact) mass is 543 g/mol. The van der Waals surface area contributed by atoms with E-state index < -0.39 is 28.5 Å². The molecule has 1 N–H and O–H groups in total. The molecule has 0 spiro atoms. The second-order valence-electron chi connectivity index (χ2n) is 8.06. The number of halogens is 2. The number of carbonyl (C=O) groups excluding carboxylic acids is 2. The van der Waals surface area contributed by atoms with Crippen molar-refractivity contribution in [2.45, 2.75) is 39.3 Å². The Balaban J connectivity index is 2.41. The number of nitrogens with zero attached hydrogens (tertiary/aromatic N) is 2. The lowest BCUT2D eigenvalue weighted by Gasteiger charge is -2.31. The fourth-order valence-corrected chi connectivity index (χ4v) is 4.65. The molecule has 0 aliphatic heterocycles. The summed E-state index contributed by atoms with van der Waals surface area (Å²) in [6.45, 7) is 3.61. The van der Waals surface area contributed by atoms with Crippen LogP contribution in [0.5, 0.6) is 5.75 Å². The third-order valence-electron chi connectivity index (χ3n) is 5.34.